The molecule has 2 rings (SSSR count). The van der Waals surface area contributed by atoms with Crippen molar-refractivity contribution in [2.24, 2.45) is 11.7 Å². The van der Waals surface area contributed by atoms with Gasteiger partial charge in [0.05, 0.1) is 23.3 Å². The average molecular weight is 253 g/mol. The highest BCUT2D eigenvalue weighted by atomic mass is 32.1. The molecular weight excluding hydrogens is 234 g/mol. The van der Waals surface area contributed by atoms with Crippen LogP contribution >= 0.6 is 11.3 Å². The minimum Gasteiger partial charge on any atom is -0.349 e. The summed E-state index contributed by atoms with van der Waals surface area (Å²) in [4.78, 5) is 16.2. The third-order valence-electron chi connectivity index (χ3n) is 3.40. The summed E-state index contributed by atoms with van der Waals surface area (Å²) in [5.74, 6) is 0.510. The first-order chi connectivity index (χ1) is 8.10. The molecule has 2 unspecified atom stereocenters. The number of aromatic nitrogens is 1. The van der Waals surface area contributed by atoms with Gasteiger partial charge in [0.2, 0.25) is 5.91 Å². The highest BCUT2D eigenvalue weighted by Gasteiger charge is 2.37. The molecule has 1 aromatic rings. The number of nitrogens with two attached hydrogens (primary N) is 1. The average Bonchev–Trinajstić information content (AvgIpc) is 2.78. The Morgan fingerprint density at radius 1 is 1.76 bits per heavy atom. The van der Waals surface area contributed by atoms with E-state index in [-0.39, 0.29) is 5.91 Å². The lowest BCUT2D eigenvalue weighted by atomic mass is 9.76. The van der Waals surface area contributed by atoms with E-state index in [4.69, 9.17) is 5.73 Å². The second-order valence-electron chi connectivity index (χ2n) is 5.02. The predicted molar refractivity (Wildman–Crippen MR) is 68.5 cm³/mol. The van der Waals surface area contributed by atoms with Gasteiger partial charge in [0.15, 0.2) is 0 Å². The molecule has 1 amide bonds. The van der Waals surface area contributed by atoms with Gasteiger partial charge in [-0.3, -0.25) is 4.79 Å². The number of rotatable bonds is 3. The van der Waals surface area contributed by atoms with Gasteiger partial charge in [0, 0.05) is 5.38 Å². The molecular formula is C12H19N3OS. The van der Waals surface area contributed by atoms with E-state index in [1.165, 1.54) is 17.8 Å². The zero-order valence-electron chi connectivity index (χ0n) is 10.1. The quantitative estimate of drug-likeness (QED) is 0.861. The molecule has 1 aliphatic carbocycles. The summed E-state index contributed by atoms with van der Waals surface area (Å²) in [6, 6.07) is 0. The molecule has 1 aromatic heterocycles. The number of carbonyl (C=O) groups excluding carboxylic acids is 1. The molecule has 2 atom stereocenters. The van der Waals surface area contributed by atoms with E-state index in [1.54, 1.807) is 5.51 Å². The molecule has 1 heterocycles. The summed E-state index contributed by atoms with van der Waals surface area (Å²) >= 11 is 1.53. The van der Waals surface area contributed by atoms with Gasteiger partial charge in [-0.2, -0.15) is 0 Å². The van der Waals surface area contributed by atoms with E-state index < -0.39 is 5.54 Å². The van der Waals surface area contributed by atoms with Gasteiger partial charge in [-0.25, -0.2) is 4.98 Å². The molecule has 0 bridgehead atoms. The maximum absolute atomic E-state index is 12.1. The highest BCUT2D eigenvalue weighted by Crippen LogP contribution is 2.30. The molecule has 4 nitrogen and oxygen atoms in total. The van der Waals surface area contributed by atoms with Crippen molar-refractivity contribution in [1.82, 2.24) is 10.3 Å². The Balaban J connectivity index is 1.90. The molecule has 0 aliphatic heterocycles. The fourth-order valence-electron chi connectivity index (χ4n) is 2.47. The second kappa shape index (κ2) is 5.14. The smallest absolute Gasteiger partial charge is 0.240 e. The van der Waals surface area contributed by atoms with Crippen LogP contribution in [-0.4, -0.2) is 16.4 Å². The van der Waals surface area contributed by atoms with Crippen LogP contribution in [0.3, 0.4) is 0 Å². The predicted octanol–water partition coefficient (Wildman–Crippen LogP) is 1.67. The van der Waals surface area contributed by atoms with E-state index in [9.17, 15) is 4.79 Å². The fraction of sp³-hybridized carbons (Fsp3) is 0.667. The molecule has 1 fully saturated rings. The standard InChI is InChI=1S/C12H19N3OS/c1-9-3-2-4-12(13,5-9)11(16)14-6-10-7-17-8-15-10/h7-9H,2-6,13H2,1H3,(H,14,16). The number of nitrogens with one attached hydrogen (secondary N) is 1. The van der Waals surface area contributed by atoms with E-state index >= 15 is 0 Å². The molecule has 0 radical (unpaired) electrons. The van der Waals surface area contributed by atoms with Crippen LogP contribution < -0.4 is 11.1 Å². The lowest BCUT2D eigenvalue weighted by Gasteiger charge is -2.35. The van der Waals surface area contributed by atoms with Crippen molar-refractivity contribution in [2.45, 2.75) is 44.7 Å². The Morgan fingerprint density at radius 2 is 2.59 bits per heavy atom. The maximum Gasteiger partial charge on any atom is 0.240 e. The Hall–Kier alpha value is -0.940. The van der Waals surface area contributed by atoms with Crippen LogP contribution in [0.5, 0.6) is 0 Å². The molecule has 94 valence electrons. The van der Waals surface area contributed by atoms with Gasteiger partial charge in [-0.1, -0.05) is 19.8 Å². The number of hydrogen-bond acceptors (Lipinski definition) is 4. The molecule has 1 saturated carbocycles. The number of amides is 1. The lowest BCUT2D eigenvalue weighted by Crippen LogP contribution is -2.56. The third-order valence-corrected chi connectivity index (χ3v) is 4.03. The van der Waals surface area contributed by atoms with Crippen LogP contribution in [0.1, 0.15) is 38.3 Å². The van der Waals surface area contributed by atoms with E-state index in [0.29, 0.717) is 12.5 Å². The van der Waals surface area contributed by atoms with E-state index in [0.717, 1.165) is 25.0 Å². The fourth-order valence-corrected chi connectivity index (χ4v) is 3.03. The minimum absolute atomic E-state index is 0.0305. The number of thiazole rings is 1. The molecule has 3 N–H and O–H groups in total. The van der Waals surface area contributed by atoms with Crippen LogP contribution in [0.15, 0.2) is 10.9 Å². The van der Waals surface area contributed by atoms with Gasteiger partial charge < -0.3 is 11.1 Å². The largest absolute Gasteiger partial charge is 0.349 e. The normalized spacial score (nSPS) is 28.9. The van der Waals surface area contributed by atoms with Gasteiger partial charge in [-0.05, 0) is 18.8 Å². The summed E-state index contributed by atoms with van der Waals surface area (Å²) in [5.41, 5.74) is 8.19. The second-order valence-corrected chi connectivity index (χ2v) is 5.74. The third kappa shape index (κ3) is 3.04. The summed E-state index contributed by atoms with van der Waals surface area (Å²) in [7, 11) is 0. The first-order valence-electron chi connectivity index (χ1n) is 6.04. The van der Waals surface area contributed by atoms with Crippen molar-refractivity contribution in [3.63, 3.8) is 0 Å². The van der Waals surface area contributed by atoms with Crippen molar-refractivity contribution in [1.29, 1.82) is 0 Å². The summed E-state index contributed by atoms with van der Waals surface area (Å²) in [6.45, 7) is 2.64. The number of hydrogen-bond donors (Lipinski definition) is 2. The van der Waals surface area contributed by atoms with Crippen molar-refractivity contribution < 1.29 is 4.79 Å². The topological polar surface area (TPSA) is 68.0 Å². The van der Waals surface area contributed by atoms with Crippen LogP contribution in [0, 0.1) is 5.92 Å². The maximum atomic E-state index is 12.1. The Labute approximate surface area is 106 Å². The molecule has 0 aromatic carbocycles. The van der Waals surface area contributed by atoms with Crippen LogP contribution in [0.25, 0.3) is 0 Å². The summed E-state index contributed by atoms with van der Waals surface area (Å²) in [6.07, 6.45) is 3.80. The minimum atomic E-state index is -0.673. The van der Waals surface area contributed by atoms with Crippen molar-refractivity contribution in [3.8, 4) is 0 Å². The zero-order chi connectivity index (χ0) is 12.3. The number of nitrogens with zero attached hydrogens (tertiary/aromatic N) is 1. The van der Waals surface area contributed by atoms with E-state index in [2.05, 4.69) is 17.2 Å². The first-order valence-corrected chi connectivity index (χ1v) is 6.99. The lowest BCUT2D eigenvalue weighted by molar-refractivity contribution is -0.128. The van der Waals surface area contributed by atoms with Gasteiger partial charge in [-0.15, -0.1) is 11.3 Å². The summed E-state index contributed by atoms with van der Waals surface area (Å²) in [5, 5.41) is 4.83. The van der Waals surface area contributed by atoms with Gasteiger partial charge in [0.25, 0.3) is 0 Å². The Morgan fingerprint density at radius 3 is 3.24 bits per heavy atom. The highest BCUT2D eigenvalue weighted by molar-refractivity contribution is 7.07. The Kier molecular flexibility index (Phi) is 3.79. The summed E-state index contributed by atoms with van der Waals surface area (Å²) < 4.78 is 0. The van der Waals surface area contributed by atoms with Crippen molar-refractivity contribution in [2.75, 3.05) is 0 Å². The molecule has 5 heteroatoms. The van der Waals surface area contributed by atoms with Crippen LogP contribution in [-0.2, 0) is 11.3 Å². The van der Waals surface area contributed by atoms with Crippen molar-refractivity contribution >= 4 is 17.2 Å². The Bertz CT molecular complexity index is 379. The monoisotopic (exact) mass is 253 g/mol. The SMILES string of the molecule is CC1CCCC(N)(C(=O)NCc2cscn2)C1. The first kappa shape index (κ1) is 12.5. The van der Waals surface area contributed by atoms with Crippen LogP contribution in [0.4, 0.5) is 0 Å². The zero-order valence-corrected chi connectivity index (χ0v) is 10.9. The number of carbonyl (C=O) groups is 1. The molecule has 0 saturated heterocycles. The molecule has 1 aliphatic rings. The molecule has 17 heavy (non-hydrogen) atoms. The van der Waals surface area contributed by atoms with Gasteiger partial charge >= 0.3 is 0 Å². The van der Waals surface area contributed by atoms with Crippen molar-refractivity contribution in [3.05, 3.63) is 16.6 Å². The molecule has 0 spiro atoms. The van der Waals surface area contributed by atoms with Gasteiger partial charge in [0.1, 0.15) is 0 Å². The van der Waals surface area contributed by atoms with E-state index in [1.807, 2.05) is 5.38 Å². The van der Waals surface area contributed by atoms with Crippen LogP contribution in [0.2, 0.25) is 0 Å².